The Bertz CT molecular complexity index is 1180. The quantitative estimate of drug-likeness (QED) is 0.633. The summed E-state index contributed by atoms with van der Waals surface area (Å²) >= 11 is 0. The molecule has 1 fully saturated rings. The summed E-state index contributed by atoms with van der Waals surface area (Å²) in [5, 5.41) is 2.77. The van der Waals surface area contributed by atoms with Gasteiger partial charge in [0.1, 0.15) is 12.3 Å². The van der Waals surface area contributed by atoms with Gasteiger partial charge in [-0.2, -0.15) is 0 Å². The van der Waals surface area contributed by atoms with E-state index in [0.717, 1.165) is 27.2 Å². The van der Waals surface area contributed by atoms with Gasteiger partial charge in [-0.15, -0.1) is 0 Å². The number of amides is 3. The number of anilines is 1. The average Bonchev–Trinajstić information content (AvgIpc) is 3.10. The standard InChI is InChI=1S/C27H22N2O4/c1-33-16-12-10-15(11-13-16)28-21(30)14-29-26(31)24-22-17-6-2-3-7-18(17)23(25(24)27(29)32)20-9-5-4-8-19(20)22/h2-13,22-25H,14H2,1H3,(H,28,30)/t22?,23?,24-,25-/m1/s1. The first-order valence-corrected chi connectivity index (χ1v) is 11.0. The van der Waals surface area contributed by atoms with Crippen molar-refractivity contribution in [3.8, 4) is 5.75 Å². The third-order valence-electron chi connectivity index (χ3n) is 7.22. The fourth-order valence-corrected chi connectivity index (χ4v) is 5.91. The lowest BCUT2D eigenvalue weighted by atomic mass is 9.55. The molecule has 6 nitrogen and oxygen atoms in total. The zero-order valence-electron chi connectivity index (χ0n) is 18.0. The molecule has 0 aromatic heterocycles. The van der Waals surface area contributed by atoms with Gasteiger partial charge < -0.3 is 10.1 Å². The summed E-state index contributed by atoms with van der Waals surface area (Å²) in [6.45, 7) is -0.289. The molecular weight excluding hydrogens is 416 g/mol. The summed E-state index contributed by atoms with van der Waals surface area (Å²) in [4.78, 5) is 41.0. The molecule has 1 saturated heterocycles. The SMILES string of the molecule is COc1ccc(NC(=O)CN2C(=O)[C@@H]3C4c5ccccc5C(c5ccccc54)[C@H]3C2=O)cc1. The second-order valence-corrected chi connectivity index (χ2v) is 8.80. The van der Waals surface area contributed by atoms with Gasteiger partial charge in [0.25, 0.3) is 0 Å². The number of hydrogen-bond donors (Lipinski definition) is 1. The van der Waals surface area contributed by atoms with Crippen molar-refractivity contribution in [3.05, 3.63) is 95.1 Å². The molecule has 7 rings (SSSR count). The van der Waals surface area contributed by atoms with Crippen LogP contribution in [0.2, 0.25) is 0 Å². The van der Waals surface area contributed by atoms with Gasteiger partial charge in [0, 0.05) is 17.5 Å². The largest absolute Gasteiger partial charge is 0.497 e. The van der Waals surface area contributed by atoms with Crippen LogP contribution in [-0.4, -0.2) is 36.3 Å². The van der Waals surface area contributed by atoms with Gasteiger partial charge in [-0.25, -0.2) is 0 Å². The van der Waals surface area contributed by atoms with Crippen LogP contribution in [0.15, 0.2) is 72.8 Å². The van der Waals surface area contributed by atoms with Crippen LogP contribution in [0.25, 0.3) is 0 Å². The van der Waals surface area contributed by atoms with Crippen molar-refractivity contribution in [2.75, 3.05) is 19.0 Å². The molecule has 164 valence electrons. The first-order valence-electron chi connectivity index (χ1n) is 11.0. The predicted octanol–water partition coefficient (Wildman–Crippen LogP) is 3.53. The lowest BCUT2D eigenvalue weighted by Crippen LogP contribution is -2.41. The maximum Gasteiger partial charge on any atom is 0.244 e. The number of carbonyl (C=O) groups excluding carboxylic acids is 3. The van der Waals surface area contributed by atoms with Crippen LogP contribution in [-0.2, 0) is 14.4 Å². The van der Waals surface area contributed by atoms with Crippen molar-refractivity contribution in [3.63, 3.8) is 0 Å². The molecular formula is C27H22N2O4. The van der Waals surface area contributed by atoms with Crippen molar-refractivity contribution in [1.82, 2.24) is 4.90 Å². The predicted molar refractivity (Wildman–Crippen MR) is 122 cm³/mol. The van der Waals surface area contributed by atoms with Crippen molar-refractivity contribution < 1.29 is 19.1 Å². The maximum absolute atomic E-state index is 13.5. The van der Waals surface area contributed by atoms with E-state index in [1.165, 1.54) is 0 Å². The van der Waals surface area contributed by atoms with Crippen LogP contribution in [0, 0.1) is 11.8 Å². The van der Waals surface area contributed by atoms with E-state index in [-0.39, 0.29) is 30.2 Å². The third-order valence-corrected chi connectivity index (χ3v) is 7.22. The van der Waals surface area contributed by atoms with Crippen molar-refractivity contribution >= 4 is 23.4 Å². The van der Waals surface area contributed by atoms with E-state index < -0.39 is 17.7 Å². The number of nitrogens with zero attached hydrogens (tertiary/aromatic N) is 1. The Morgan fingerprint density at radius 1 is 0.788 bits per heavy atom. The van der Waals surface area contributed by atoms with E-state index in [4.69, 9.17) is 4.74 Å². The van der Waals surface area contributed by atoms with E-state index >= 15 is 0 Å². The summed E-state index contributed by atoms with van der Waals surface area (Å²) in [5.41, 5.74) is 5.06. The van der Waals surface area contributed by atoms with Crippen LogP contribution < -0.4 is 10.1 Å². The highest BCUT2D eigenvalue weighted by Crippen LogP contribution is 2.60. The van der Waals surface area contributed by atoms with Gasteiger partial charge in [0.15, 0.2) is 0 Å². The molecule has 4 aliphatic rings. The number of imide groups is 1. The molecule has 1 N–H and O–H groups in total. The number of benzene rings is 3. The summed E-state index contributed by atoms with van der Waals surface area (Å²) in [5.74, 6) is -1.51. The average molecular weight is 438 g/mol. The molecule has 2 bridgehead atoms. The van der Waals surface area contributed by atoms with Gasteiger partial charge in [0.05, 0.1) is 18.9 Å². The van der Waals surface area contributed by atoms with Gasteiger partial charge in [-0.1, -0.05) is 48.5 Å². The van der Waals surface area contributed by atoms with Crippen molar-refractivity contribution in [2.45, 2.75) is 11.8 Å². The molecule has 3 aromatic carbocycles. The Balaban J connectivity index is 1.31. The summed E-state index contributed by atoms with van der Waals surface area (Å²) in [6, 6.07) is 23.1. The fourth-order valence-electron chi connectivity index (χ4n) is 5.91. The van der Waals surface area contributed by atoms with E-state index in [1.807, 2.05) is 24.3 Å². The van der Waals surface area contributed by atoms with E-state index in [0.29, 0.717) is 11.4 Å². The molecule has 1 heterocycles. The molecule has 2 atom stereocenters. The Morgan fingerprint density at radius 3 is 1.67 bits per heavy atom. The lowest BCUT2D eigenvalue weighted by molar-refractivity contribution is -0.142. The van der Waals surface area contributed by atoms with E-state index in [2.05, 4.69) is 29.6 Å². The van der Waals surface area contributed by atoms with E-state index in [1.54, 1.807) is 31.4 Å². The Hall–Kier alpha value is -3.93. The van der Waals surface area contributed by atoms with Gasteiger partial charge in [-0.3, -0.25) is 19.3 Å². The minimum absolute atomic E-state index is 0.168. The van der Waals surface area contributed by atoms with Crippen molar-refractivity contribution in [1.29, 1.82) is 0 Å². The number of hydrogen-bond acceptors (Lipinski definition) is 4. The van der Waals surface area contributed by atoms with Gasteiger partial charge >= 0.3 is 0 Å². The van der Waals surface area contributed by atoms with E-state index in [9.17, 15) is 14.4 Å². The topological polar surface area (TPSA) is 75.7 Å². The highest BCUT2D eigenvalue weighted by Gasteiger charge is 2.61. The smallest absolute Gasteiger partial charge is 0.244 e. The number of nitrogens with one attached hydrogen (secondary N) is 1. The highest BCUT2D eigenvalue weighted by molar-refractivity contribution is 6.10. The van der Waals surface area contributed by atoms with Gasteiger partial charge in [-0.05, 0) is 46.5 Å². The molecule has 1 aliphatic heterocycles. The molecule has 0 unspecified atom stereocenters. The Labute approximate surface area is 191 Å². The van der Waals surface area contributed by atoms with Crippen LogP contribution in [0.3, 0.4) is 0 Å². The number of ether oxygens (including phenoxy) is 1. The molecule has 0 spiro atoms. The van der Waals surface area contributed by atoms with Crippen molar-refractivity contribution in [2.24, 2.45) is 11.8 Å². The number of likely N-dealkylation sites (tertiary alicyclic amines) is 1. The third kappa shape index (κ3) is 2.83. The second-order valence-electron chi connectivity index (χ2n) is 8.80. The zero-order valence-corrected chi connectivity index (χ0v) is 18.0. The minimum atomic E-state index is -0.471. The second kappa shape index (κ2) is 7.30. The fraction of sp³-hybridized carbons (Fsp3) is 0.222. The highest BCUT2D eigenvalue weighted by atomic mass is 16.5. The lowest BCUT2D eigenvalue weighted by Gasteiger charge is -2.45. The monoisotopic (exact) mass is 438 g/mol. The molecule has 3 aliphatic carbocycles. The molecule has 3 amide bonds. The maximum atomic E-state index is 13.5. The first-order chi connectivity index (χ1) is 16.1. The minimum Gasteiger partial charge on any atom is -0.497 e. The molecule has 3 aromatic rings. The molecule has 6 heteroatoms. The van der Waals surface area contributed by atoms with Gasteiger partial charge in [0.2, 0.25) is 17.7 Å². The van der Waals surface area contributed by atoms with Crippen LogP contribution >= 0.6 is 0 Å². The first kappa shape index (κ1) is 19.7. The Kier molecular flexibility index (Phi) is 4.37. The molecule has 33 heavy (non-hydrogen) atoms. The zero-order chi connectivity index (χ0) is 22.7. The number of rotatable bonds is 4. The molecule has 0 saturated carbocycles. The molecule has 0 radical (unpaired) electrons. The number of carbonyl (C=O) groups is 3. The summed E-state index contributed by atoms with van der Waals surface area (Å²) in [7, 11) is 1.57. The van der Waals surface area contributed by atoms with Crippen LogP contribution in [0.4, 0.5) is 5.69 Å². The summed E-state index contributed by atoms with van der Waals surface area (Å²) < 4.78 is 5.13. The van der Waals surface area contributed by atoms with Crippen LogP contribution in [0.1, 0.15) is 34.1 Å². The summed E-state index contributed by atoms with van der Waals surface area (Å²) in [6.07, 6.45) is 0. The van der Waals surface area contributed by atoms with Crippen LogP contribution in [0.5, 0.6) is 5.75 Å². The Morgan fingerprint density at radius 2 is 1.24 bits per heavy atom. The number of methoxy groups -OCH3 is 1. The normalized spacial score (nSPS) is 24.2.